The molecule has 1 aromatic carbocycles. The van der Waals surface area contributed by atoms with Crippen LogP contribution in [0.2, 0.25) is 5.02 Å². The first-order valence-corrected chi connectivity index (χ1v) is 9.94. The summed E-state index contributed by atoms with van der Waals surface area (Å²) in [6.07, 6.45) is 4.03. The summed E-state index contributed by atoms with van der Waals surface area (Å²) in [5, 5.41) is 16.8. The first-order valence-electron chi connectivity index (χ1n) is 9.57. The third kappa shape index (κ3) is 3.45. The summed E-state index contributed by atoms with van der Waals surface area (Å²) in [6, 6.07) is 9.17. The van der Waals surface area contributed by atoms with Crippen molar-refractivity contribution in [2.24, 2.45) is 0 Å². The summed E-state index contributed by atoms with van der Waals surface area (Å²) >= 11 is 6.22. The number of aromatic nitrogens is 5. The molecule has 4 heterocycles. The molecule has 0 spiro atoms. The number of hydrogen-bond acceptors (Lipinski definition) is 6. The average Bonchev–Trinajstić information content (AvgIpc) is 3.36. The van der Waals surface area contributed by atoms with Gasteiger partial charge in [0.15, 0.2) is 0 Å². The molecular weight excluding hydrogens is 392 g/mol. The van der Waals surface area contributed by atoms with E-state index in [4.69, 9.17) is 16.0 Å². The van der Waals surface area contributed by atoms with Crippen molar-refractivity contribution in [3.8, 4) is 11.5 Å². The van der Waals surface area contributed by atoms with E-state index in [1.807, 2.05) is 24.3 Å². The lowest BCUT2D eigenvalue weighted by molar-refractivity contribution is 0.446. The molecule has 9 heteroatoms. The van der Waals surface area contributed by atoms with Crippen LogP contribution >= 0.6 is 11.6 Å². The summed E-state index contributed by atoms with van der Waals surface area (Å²) in [5.74, 6) is 1.05. The predicted octanol–water partition coefficient (Wildman–Crippen LogP) is 2.78. The monoisotopic (exact) mass is 410 g/mol. The highest BCUT2D eigenvalue weighted by Gasteiger charge is 2.22. The number of halogens is 1. The lowest BCUT2D eigenvalue weighted by atomic mass is 9.94. The second-order valence-electron chi connectivity index (χ2n) is 7.17. The smallest absolute Gasteiger partial charge is 0.253 e. The molecule has 0 bridgehead atoms. The third-order valence-corrected chi connectivity index (χ3v) is 5.66. The Morgan fingerprint density at radius 1 is 1.21 bits per heavy atom. The van der Waals surface area contributed by atoms with Crippen molar-refractivity contribution < 1.29 is 4.42 Å². The number of nitrogens with zero attached hydrogens (tertiary/aromatic N) is 4. The number of aromatic amines is 1. The Kier molecular flexibility index (Phi) is 4.65. The largest absolute Gasteiger partial charge is 0.420 e. The van der Waals surface area contributed by atoms with Gasteiger partial charge in [-0.15, -0.1) is 10.2 Å². The molecule has 0 atom stereocenters. The van der Waals surface area contributed by atoms with Crippen LogP contribution in [0.25, 0.3) is 17.1 Å². The molecule has 0 saturated carbocycles. The topological polar surface area (TPSA) is 101 Å². The molecule has 8 nitrogen and oxygen atoms in total. The minimum Gasteiger partial charge on any atom is -0.420 e. The molecule has 0 unspecified atom stereocenters. The summed E-state index contributed by atoms with van der Waals surface area (Å²) in [6.45, 7) is 1.87. The van der Waals surface area contributed by atoms with Gasteiger partial charge in [-0.05, 0) is 37.6 Å². The van der Waals surface area contributed by atoms with E-state index in [9.17, 15) is 4.79 Å². The minimum absolute atomic E-state index is 0.163. The van der Waals surface area contributed by atoms with Crippen LogP contribution in [-0.2, 0) is 6.42 Å². The van der Waals surface area contributed by atoms with Crippen LogP contribution < -0.4 is 10.9 Å². The van der Waals surface area contributed by atoms with Gasteiger partial charge >= 0.3 is 0 Å². The maximum Gasteiger partial charge on any atom is 0.253 e. The van der Waals surface area contributed by atoms with Gasteiger partial charge < -0.3 is 14.7 Å². The van der Waals surface area contributed by atoms with Crippen LogP contribution in [0.5, 0.6) is 0 Å². The molecule has 1 aliphatic heterocycles. The van der Waals surface area contributed by atoms with E-state index in [1.165, 1.54) is 0 Å². The van der Waals surface area contributed by atoms with E-state index in [2.05, 4.69) is 25.6 Å². The highest BCUT2D eigenvalue weighted by molar-refractivity contribution is 6.31. The van der Waals surface area contributed by atoms with E-state index < -0.39 is 0 Å². The van der Waals surface area contributed by atoms with Gasteiger partial charge in [-0.2, -0.15) is 5.10 Å². The second-order valence-corrected chi connectivity index (χ2v) is 7.58. The Morgan fingerprint density at radius 2 is 2.03 bits per heavy atom. The standard InChI is InChI=1S/C20H19ClN6O2/c21-15-4-2-1-3-13(15)9-18-25-26-20(29-18)14-11-23-27-16(10-17(28)24-19(14)27)12-5-7-22-8-6-12/h1-4,10-12,22H,5-9H2,(H,24,28). The summed E-state index contributed by atoms with van der Waals surface area (Å²) in [5.41, 5.74) is 2.83. The van der Waals surface area contributed by atoms with Crippen LogP contribution in [-0.4, -0.2) is 37.9 Å². The van der Waals surface area contributed by atoms with Gasteiger partial charge in [0, 0.05) is 17.0 Å². The van der Waals surface area contributed by atoms with Crippen molar-refractivity contribution in [3.05, 3.63) is 69.1 Å². The highest BCUT2D eigenvalue weighted by Crippen LogP contribution is 2.28. The molecular formula is C20H19ClN6O2. The normalized spacial score (nSPS) is 15.2. The number of nitrogens with one attached hydrogen (secondary N) is 2. The van der Waals surface area contributed by atoms with Gasteiger partial charge in [-0.25, -0.2) is 4.52 Å². The average molecular weight is 411 g/mol. The Balaban J connectivity index is 1.51. The minimum atomic E-state index is -0.163. The molecule has 0 radical (unpaired) electrons. The third-order valence-electron chi connectivity index (χ3n) is 5.29. The zero-order chi connectivity index (χ0) is 19.8. The van der Waals surface area contributed by atoms with Gasteiger partial charge in [-0.1, -0.05) is 29.8 Å². The van der Waals surface area contributed by atoms with Crippen molar-refractivity contribution >= 4 is 17.2 Å². The van der Waals surface area contributed by atoms with E-state index in [0.29, 0.717) is 34.4 Å². The Morgan fingerprint density at radius 3 is 2.86 bits per heavy atom. The van der Waals surface area contributed by atoms with Gasteiger partial charge in [0.1, 0.15) is 11.2 Å². The SMILES string of the molecule is O=c1cc(C2CCNCC2)n2ncc(-c3nnc(Cc4ccccc4Cl)o3)c2[nH]1. The van der Waals surface area contributed by atoms with Crippen LogP contribution in [0.3, 0.4) is 0 Å². The maximum absolute atomic E-state index is 12.3. The quantitative estimate of drug-likeness (QED) is 0.536. The lowest BCUT2D eigenvalue weighted by Gasteiger charge is -2.23. The number of rotatable bonds is 4. The zero-order valence-corrected chi connectivity index (χ0v) is 16.3. The molecule has 0 aliphatic carbocycles. The Labute approximate surface area is 170 Å². The second kappa shape index (κ2) is 7.46. The van der Waals surface area contributed by atoms with Crippen LogP contribution in [0.1, 0.15) is 35.9 Å². The fourth-order valence-electron chi connectivity index (χ4n) is 3.82. The molecule has 148 valence electrons. The molecule has 5 rings (SSSR count). The summed E-state index contributed by atoms with van der Waals surface area (Å²) < 4.78 is 7.64. The number of hydrogen-bond donors (Lipinski definition) is 2. The lowest BCUT2D eigenvalue weighted by Crippen LogP contribution is -2.28. The number of H-pyrrole nitrogens is 1. The Hall–Kier alpha value is -2.97. The van der Waals surface area contributed by atoms with E-state index in [1.54, 1.807) is 16.8 Å². The molecule has 1 fully saturated rings. The maximum atomic E-state index is 12.3. The van der Waals surface area contributed by atoms with E-state index >= 15 is 0 Å². The van der Waals surface area contributed by atoms with E-state index in [-0.39, 0.29) is 11.5 Å². The van der Waals surface area contributed by atoms with Crippen LogP contribution in [0, 0.1) is 0 Å². The van der Waals surface area contributed by atoms with Gasteiger partial charge in [0.2, 0.25) is 5.89 Å². The highest BCUT2D eigenvalue weighted by atomic mass is 35.5. The van der Waals surface area contributed by atoms with Crippen molar-refractivity contribution in [3.63, 3.8) is 0 Å². The summed E-state index contributed by atoms with van der Waals surface area (Å²) in [7, 11) is 0. The predicted molar refractivity (Wildman–Crippen MR) is 108 cm³/mol. The van der Waals surface area contributed by atoms with Crippen LogP contribution in [0.15, 0.2) is 45.7 Å². The Bertz CT molecular complexity index is 1220. The van der Waals surface area contributed by atoms with Gasteiger partial charge in [-0.3, -0.25) is 4.79 Å². The summed E-state index contributed by atoms with van der Waals surface area (Å²) in [4.78, 5) is 15.2. The number of fused-ring (bicyclic) bond motifs is 1. The van der Waals surface area contributed by atoms with Gasteiger partial charge in [0.25, 0.3) is 11.4 Å². The van der Waals surface area contributed by atoms with E-state index in [0.717, 1.165) is 37.2 Å². The van der Waals surface area contributed by atoms with Crippen molar-refractivity contribution in [1.82, 2.24) is 30.1 Å². The number of benzene rings is 1. The van der Waals surface area contributed by atoms with Crippen molar-refractivity contribution in [1.29, 1.82) is 0 Å². The molecule has 2 N–H and O–H groups in total. The fourth-order valence-corrected chi connectivity index (χ4v) is 4.02. The first kappa shape index (κ1) is 18.1. The van der Waals surface area contributed by atoms with Crippen LogP contribution in [0.4, 0.5) is 0 Å². The molecule has 1 saturated heterocycles. The first-order chi connectivity index (χ1) is 14.2. The zero-order valence-electron chi connectivity index (χ0n) is 15.6. The molecule has 0 amide bonds. The molecule has 3 aromatic heterocycles. The fraction of sp³-hybridized carbons (Fsp3) is 0.300. The van der Waals surface area contributed by atoms with Crippen molar-refractivity contribution in [2.45, 2.75) is 25.2 Å². The number of piperidine rings is 1. The molecule has 1 aliphatic rings. The molecule has 4 aromatic rings. The van der Waals surface area contributed by atoms with Crippen molar-refractivity contribution in [2.75, 3.05) is 13.1 Å². The molecule has 29 heavy (non-hydrogen) atoms. The van der Waals surface area contributed by atoms with Gasteiger partial charge in [0.05, 0.1) is 18.3 Å².